The molecule has 0 amide bonds. The molecular weight excluding hydrogens is 290 g/mol. The molecule has 7 heteroatoms. The first kappa shape index (κ1) is 15.7. The van der Waals surface area contributed by atoms with Crippen LogP contribution >= 0.6 is 0 Å². The number of hydrogen-bond acceptors (Lipinski definition) is 5. The Morgan fingerprint density at radius 2 is 1.95 bits per heavy atom. The zero-order valence-corrected chi connectivity index (χ0v) is 12.9. The molecule has 1 aromatic heterocycles. The minimum atomic E-state index is -3.54. The maximum absolute atomic E-state index is 12.1. The van der Waals surface area contributed by atoms with Crippen molar-refractivity contribution < 1.29 is 12.9 Å². The van der Waals surface area contributed by atoms with Gasteiger partial charge >= 0.3 is 0 Å². The summed E-state index contributed by atoms with van der Waals surface area (Å²) in [6.07, 6.45) is 1.40. The van der Waals surface area contributed by atoms with Gasteiger partial charge in [0.25, 0.3) is 0 Å². The lowest BCUT2D eigenvalue weighted by atomic mass is 10.1. The third kappa shape index (κ3) is 4.13. The molecule has 0 radical (unpaired) electrons. The van der Waals surface area contributed by atoms with E-state index in [0.717, 1.165) is 12.1 Å². The quantitative estimate of drug-likeness (QED) is 0.815. The highest BCUT2D eigenvalue weighted by Crippen LogP contribution is 2.16. The predicted octanol–water partition coefficient (Wildman–Crippen LogP) is 1.82. The maximum atomic E-state index is 12.1. The van der Waals surface area contributed by atoms with E-state index in [0.29, 0.717) is 5.69 Å². The van der Waals surface area contributed by atoms with Gasteiger partial charge in [-0.05, 0) is 31.2 Å². The van der Waals surface area contributed by atoms with Crippen molar-refractivity contribution >= 4 is 10.0 Å². The van der Waals surface area contributed by atoms with Crippen LogP contribution < -0.4 is 10.0 Å². The van der Waals surface area contributed by atoms with Crippen molar-refractivity contribution in [3.05, 3.63) is 47.9 Å². The monoisotopic (exact) mass is 309 g/mol. The topological polar surface area (TPSA) is 84.2 Å². The molecule has 0 bridgehead atoms. The summed E-state index contributed by atoms with van der Waals surface area (Å²) in [5.41, 5.74) is 1.59. The minimum Gasteiger partial charge on any atom is -0.364 e. The molecule has 1 heterocycles. The van der Waals surface area contributed by atoms with E-state index in [4.69, 9.17) is 0 Å². The molecule has 21 heavy (non-hydrogen) atoms. The highest BCUT2D eigenvalue weighted by atomic mass is 32.2. The maximum Gasteiger partial charge on any atom is 0.240 e. The summed E-state index contributed by atoms with van der Waals surface area (Å²) in [4.78, 5) is 0.235. The number of rotatable bonds is 7. The minimum absolute atomic E-state index is 0.106. The zero-order valence-electron chi connectivity index (χ0n) is 12.0. The average Bonchev–Trinajstić information content (AvgIpc) is 2.99. The predicted molar refractivity (Wildman–Crippen MR) is 79.1 cm³/mol. The molecule has 1 aromatic carbocycles. The Hall–Kier alpha value is -1.70. The summed E-state index contributed by atoms with van der Waals surface area (Å²) in [5.74, 6) is 0. The van der Waals surface area contributed by atoms with Crippen LogP contribution in [0.15, 0.2) is 46.0 Å². The molecule has 0 spiro atoms. The van der Waals surface area contributed by atoms with Crippen LogP contribution in [-0.2, 0) is 16.6 Å². The fourth-order valence-electron chi connectivity index (χ4n) is 1.94. The summed E-state index contributed by atoms with van der Waals surface area (Å²) in [7, 11) is -3.54. The molecule has 2 rings (SSSR count). The van der Waals surface area contributed by atoms with Gasteiger partial charge in [0.2, 0.25) is 10.0 Å². The van der Waals surface area contributed by atoms with Crippen molar-refractivity contribution in [1.29, 1.82) is 0 Å². The number of benzene rings is 1. The third-order valence-corrected chi connectivity index (χ3v) is 4.55. The lowest BCUT2D eigenvalue weighted by Gasteiger charge is -2.13. The van der Waals surface area contributed by atoms with E-state index in [1.165, 1.54) is 6.26 Å². The van der Waals surface area contributed by atoms with E-state index in [1.54, 1.807) is 18.2 Å². The van der Waals surface area contributed by atoms with Gasteiger partial charge in [-0.25, -0.2) is 13.1 Å². The van der Waals surface area contributed by atoms with Gasteiger partial charge in [0.05, 0.1) is 17.1 Å². The summed E-state index contributed by atoms with van der Waals surface area (Å²) >= 11 is 0. The van der Waals surface area contributed by atoms with Gasteiger partial charge < -0.3 is 9.84 Å². The third-order valence-electron chi connectivity index (χ3n) is 3.14. The van der Waals surface area contributed by atoms with E-state index in [9.17, 15) is 8.42 Å². The van der Waals surface area contributed by atoms with Crippen molar-refractivity contribution in [2.24, 2.45) is 0 Å². The molecule has 0 aliphatic heterocycles. The lowest BCUT2D eigenvalue weighted by Crippen LogP contribution is -2.23. The molecule has 114 valence electrons. The number of sulfonamides is 1. The zero-order chi connectivity index (χ0) is 15.3. The van der Waals surface area contributed by atoms with Gasteiger partial charge in [-0.1, -0.05) is 24.2 Å². The lowest BCUT2D eigenvalue weighted by molar-refractivity contribution is 0.411. The van der Waals surface area contributed by atoms with Crippen molar-refractivity contribution in [1.82, 2.24) is 15.2 Å². The standard InChI is InChI=1S/C14H19N3O3S/c1-3-15-11(2)12-4-6-14(7-5-12)21(18,19)16-10-13-8-9-20-17-13/h4-9,11,15-16H,3,10H2,1-2H3. The summed E-state index contributed by atoms with van der Waals surface area (Å²) < 4.78 is 31.4. The van der Waals surface area contributed by atoms with Gasteiger partial charge in [-0.2, -0.15) is 0 Å². The highest BCUT2D eigenvalue weighted by Gasteiger charge is 2.15. The Bertz CT molecular complexity index is 651. The average molecular weight is 309 g/mol. The Labute approximate surface area is 124 Å². The SMILES string of the molecule is CCNC(C)c1ccc(S(=O)(=O)NCc2ccon2)cc1. The molecule has 6 nitrogen and oxygen atoms in total. The van der Waals surface area contributed by atoms with Gasteiger partial charge in [0.1, 0.15) is 6.26 Å². The van der Waals surface area contributed by atoms with Crippen LogP contribution in [0.2, 0.25) is 0 Å². The normalized spacial score (nSPS) is 13.2. The molecule has 1 unspecified atom stereocenters. The molecule has 1 atom stereocenters. The molecule has 0 aliphatic rings. The largest absolute Gasteiger partial charge is 0.364 e. The van der Waals surface area contributed by atoms with Crippen LogP contribution in [0.5, 0.6) is 0 Å². The summed E-state index contributed by atoms with van der Waals surface area (Å²) in [6, 6.07) is 8.65. The fourth-order valence-corrected chi connectivity index (χ4v) is 2.94. The van der Waals surface area contributed by atoms with E-state index in [1.807, 2.05) is 26.0 Å². The fraction of sp³-hybridized carbons (Fsp3) is 0.357. The van der Waals surface area contributed by atoms with E-state index in [-0.39, 0.29) is 17.5 Å². The summed E-state index contributed by atoms with van der Waals surface area (Å²) in [5, 5.41) is 6.94. The van der Waals surface area contributed by atoms with Crippen molar-refractivity contribution in [3.8, 4) is 0 Å². The molecule has 0 saturated carbocycles. The van der Waals surface area contributed by atoms with Crippen LogP contribution in [0, 0.1) is 0 Å². The van der Waals surface area contributed by atoms with Gasteiger partial charge in [-0.3, -0.25) is 0 Å². The Morgan fingerprint density at radius 1 is 1.24 bits per heavy atom. The number of nitrogens with one attached hydrogen (secondary N) is 2. The van der Waals surface area contributed by atoms with E-state index in [2.05, 4.69) is 19.7 Å². The van der Waals surface area contributed by atoms with Crippen LogP contribution in [0.4, 0.5) is 0 Å². The molecule has 0 aliphatic carbocycles. The number of hydrogen-bond donors (Lipinski definition) is 2. The second kappa shape index (κ2) is 6.84. The van der Waals surface area contributed by atoms with Crippen LogP contribution in [0.3, 0.4) is 0 Å². The van der Waals surface area contributed by atoms with E-state index < -0.39 is 10.0 Å². The Balaban J connectivity index is 2.06. The Morgan fingerprint density at radius 3 is 2.52 bits per heavy atom. The first-order valence-electron chi connectivity index (χ1n) is 6.75. The number of nitrogens with zero attached hydrogens (tertiary/aromatic N) is 1. The summed E-state index contributed by atoms with van der Waals surface area (Å²) in [6.45, 7) is 5.04. The van der Waals surface area contributed by atoms with Gasteiger partial charge in [0.15, 0.2) is 0 Å². The van der Waals surface area contributed by atoms with Gasteiger partial charge in [-0.15, -0.1) is 0 Å². The van der Waals surface area contributed by atoms with Crippen LogP contribution in [-0.4, -0.2) is 20.1 Å². The van der Waals surface area contributed by atoms with Crippen molar-refractivity contribution in [2.45, 2.75) is 31.3 Å². The molecule has 0 fully saturated rings. The molecule has 2 aromatic rings. The van der Waals surface area contributed by atoms with Crippen molar-refractivity contribution in [3.63, 3.8) is 0 Å². The first-order chi connectivity index (χ1) is 10.0. The second-order valence-corrected chi connectivity index (χ2v) is 6.43. The Kier molecular flexibility index (Phi) is 5.11. The van der Waals surface area contributed by atoms with E-state index >= 15 is 0 Å². The van der Waals surface area contributed by atoms with Crippen molar-refractivity contribution in [2.75, 3.05) is 6.54 Å². The van der Waals surface area contributed by atoms with Gasteiger partial charge in [0, 0.05) is 12.1 Å². The highest BCUT2D eigenvalue weighted by molar-refractivity contribution is 7.89. The van der Waals surface area contributed by atoms with Crippen LogP contribution in [0.25, 0.3) is 0 Å². The van der Waals surface area contributed by atoms with Crippen LogP contribution in [0.1, 0.15) is 31.1 Å². The molecular formula is C14H19N3O3S. The first-order valence-corrected chi connectivity index (χ1v) is 8.23. The smallest absolute Gasteiger partial charge is 0.240 e. The molecule has 0 saturated heterocycles. The number of aromatic nitrogens is 1. The second-order valence-electron chi connectivity index (χ2n) is 4.66. The molecule has 2 N–H and O–H groups in total.